The molecule has 2 aromatic rings. The zero-order chi connectivity index (χ0) is 18.5. The average molecular weight is 357 g/mol. The molecule has 6 nitrogen and oxygen atoms in total. The third-order valence-corrected chi connectivity index (χ3v) is 4.49. The Morgan fingerprint density at radius 3 is 2.54 bits per heavy atom. The predicted octanol–water partition coefficient (Wildman–Crippen LogP) is 2.58. The van der Waals surface area contributed by atoms with Crippen LogP contribution in [0.2, 0.25) is 0 Å². The molecule has 3 rings (SSSR count). The highest BCUT2D eigenvalue weighted by atomic mass is 16.5. The van der Waals surface area contributed by atoms with Crippen LogP contribution >= 0.6 is 0 Å². The molecule has 138 valence electrons. The molecule has 1 aliphatic heterocycles. The van der Waals surface area contributed by atoms with E-state index in [0.717, 1.165) is 22.6 Å². The summed E-state index contributed by atoms with van der Waals surface area (Å²) in [5.74, 6) is 2.68. The Hall–Kier alpha value is -2.89. The zero-order valence-corrected chi connectivity index (χ0v) is 15.2. The Labute approximate surface area is 153 Å². The molecule has 1 aliphatic rings. The highest BCUT2D eigenvalue weighted by molar-refractivity contribution is 5.79. The van der Waals surface area contributed by atoms with Crippen molar-refractivity contribution in [2.24, 2.45) is 5.92 Å². The van der Waals surface area contributed by atoms with E-state index in [1.165, 1.54) is 0 Å². The molecule has 26 heavy (non-hydrogen) atoms. The van der Waals surface area contributed by atoms with E-state index in [4.69, 9.17) is 18.9 Å². The van der Waals surface area contributed by atoms with Gasteiger partial charge in [0.2, 0.25) is 5.91 Å². The van der Waals surface area contributed by atoms with Crippen LogP contribution in [0.1, 0.15) is 11.1 Å². The van der Waals surface area contributed by atoms with Gasteiger partial charge in [0.25, 0.3) is 0 Å². The highest BCUT2D eigenvalue weighted by Crippen LogP contribution is 2.31. The second-order valence-corrected chi connectivity index (χ2v) is 6.08. The van der Waals surface area contributed by atoms with Gasteiger partial charge in [-0.05, 0) is 42.3 Å². The number of methoxy groups -OCH3 is 3. The molecular formula is C20H23NO5. The number of fused-ring (bicyclic) bond motifs is 1. The minimum atomic E-state index is -0.237. The lowest BCUT2D eigenvalue weighted by Crippen LogP contribution is -2.37. The number of hydrogen-bond acceptors (Lipinski definition) is 5. The second kappa shape index (κ2) is 7.99. The molecule has 0 saturated carbocycles. The van der Waals surface area contributed by atoms with Crippen molar-refractivity contribution in [1.82, 2.24) is 5.32 Å². The molecular weight excluding hydrogens is 334 g/mol. The molecule has 1 heterocycles. The molecule has 0 bridgehead atoms. The lowest BCUT2D eigenvalue weighted by atomic mass is 9.95. The number of rotatable bonds is 6. The zero-order valence-electron chi connectivity index (χ0n) is 15.2. The van der Waals surface area contributed by atoms with E-state index in [0.29, 0.717) is 31.1 Å². The van der Waals surface area contributed by atoms with Crippen molar-refractivity contribution in [2.75, 3.05) is 27.9 Å². The quantitative estimate of drug-likeness (QED) is 0.861. The molecule has 1 amide bonds. The monoisotopic (exact) mass is 357 g/mol. The van der Waals surface area contributed by atoms with Crippen molar-refractivity contribution < 1.29 is 23.7 Å². The van der Waals surface area contributed by atoms with E-state index in [9.17, 15) is 4.79 Å². The first kappa shape index (κ1) is 17.9. The first-order valence-electron chi connectivity index (χ1n) is 8.43. The summed E-state index contributed by atoms with van der Waals surface area (Å²) in [4.78, 5) is 12.6. The van der Waals surface area contributed by atoms with Gasteiger partial charge in [-0.15, -0.1) is 0 Å². The Morgan fingerprint density at radius 1 is 1.08 bits per heavy atom. The Morgan fingerprint density at radius 2 is 1.81 bits per heavy atom. The van der Waals surface area contributed by atoms with Crippen LogP contribution in [-0.2, 0) is 17.8 Å². The predicted molar refractivity (Wildman–Crippen MR) is 97.1 cm³/mol. The molecule has 0 aliphatic carbocycles. The van der Waals surface area contributed by atoms with Gasteiger partial charge in [0, 0.05) is 18.2 Å². The Kier molecular flexibility index (Phi) is 5.51. The first-order chi connectivity index (χ1) is 12.6. The van der Waals surface area contributed by atoms with E-state index in [-0.39, 0.29) is 11.8 Å². The minimum absolute atomic E-state index is 0.0451. The highest BCUT2D eigenvalue weighted by Gasteiger charge is 2.26. The van der Waals surface area contributed by atoms with E-state index in [2.05, 4.69) is 5.32 Å². The average Bonchev–Trinajstić information content (AvgIpc) is 2.70. The SMILES string of the molecule is COc1ccc2c(c1)CC(C(=O)NCc1ccc(OC)cc1OC)CO2. The Balaban J connectivity index is 1.64. The van der Waals surface area contributed by atoms with Gasteiger partial charge in [-0.1, -0.05) is 0 Å². The third kappa shape index (κ3) is 3.85. The van der Waals surface area contributed by atoms with Crippen LogP contribution < -0.4 is 24.3 Å². The van der Waals surface area contributed by atoms with E-state index < -0.39 is 0 Å². The molecule has 6 heteroatoms. The fraction of sp³-hybridized carbons (Fsp3) is 0.350. The maximum absolute atomic E-state index is 12.6. The summed E-state index contributed by atoms with van der Waals surface area (Å²) in [6.45, 7) is 0.748. The molecule has 1 N–H and O–H groups in total. The van der Waals surface area contributed by atoms with Crippen molar-refractivity contribution in [3.63, 3.8) is 0 Å². The fourth-order valence-corrected chi connectivity index (χ4v) is 2.99. The summed E-state index contributed by atoms with van der Waals surface area (Å²) in [5.41, 5.74) is 1.87. The van der Waals surface area contributed by atoms with Crippen LogP contribution in [0.5, 0.6) is 23.0 Å². The van der Waals surface area contributed by atoms with Crippen LogP contribution in [0.15, 0.2) is 36.4 Å². The number of benzene rings is 2. The topological polar surface area (TPSA) is 66.0 Å². The van der Waals surface area contributed by atoms with Crippen molar-refractivity contribution in [1.29, 1.82) is 0 Å². The van der Waals surface area contributed by atoms with Gasteiger partial charge in [0.05, 0.1) is 27.2 Å². The maximum Gasteiger partial charge on any atom is 0.227 e. The van der Waals surface area contributed by atoms with Gasteiger partial charge in [-0.2, -0.15) is 0 Å². The molecule has 1 unspecified atom stereocenters. The van der Waals surface area contributed by atoms with Gasteiger partial charge in [0.15, 0.2) is 0 Å². The van der Waals surface area contributed by atoms with Crippen molar-refractivity contribution >= 4 is 5.91 Å². The lowest BCUT2D eigenvalue weighted by Gasteiger charge is -2.25. The van der Waals surface area contributed by atoms with Crippen LogP contribution in [0.3, 0.4) is 0 Å². The molecule has 0 fully saturated rings. The standard InChI is InChI=1S/C20H23NO5/c1-23-16-6-7-18-14(9-16)8-15(12-26-18)20(22)21-11-13-4-5-17(24-2)10-19(13)25-3/h4-7,9-10,15H,8,11-12H2,1-3H3,(H,21,22). The molecule has 0 saturated heterocycles. The van der Waals surface area contributed by atoms with E-state index in [1.54, 1.807) is 27.4 Å². The summed E-state index contributed by atoms with van der Waals surface area (Å²) in [6, 6.07) is 11.2. The summed E-state index contributed by atoms with van der Waals surface area (Å²) >= 11 is 0. The number of amides is 1. The van der Waals surface area contributed by atoms with Crippen LogP contribution in [-0.4, -0.2) is 33.8 Å². The smallest absolute Gasteiger partial charge is 0.227 e. The summed E-state index contributed by atoms with van der Waals surface area (Å²) in [7, 11) is 4.82. The van der Waals surface area contributed by atoms with Crippen LogP contribution in [0, 0.1) is 5.92 Å². The number of nitrogens with one attached hydrogen (secondary N) is 1. The Bertz CT molecular complexity index is 790. The minimum Gasteiger partial charge on any atom is -0.497 e. The van der Waals surface area contributed by atoms with Crippen LogP contribution in [0.25, 0.3) is 0 Å². The number of hydrogen-bond donors (Lipinski definition) is 1. The van der Waals surface area contributed by atoms with E-state index in [1.807, 2.05) is 30.3 Å². The summed E-state index contributed by atoms with van der Waals surface area (Å²) in [6.07, 6.45) is 0.623. The largest absolute Gasteiger partial charge is 0.497 e. The molecule has 1 atom stereocenters. The summed E-state index contributed by atoms with van der Waals surface area (Å²) in [5, 5.41) is 2.97. The fourth-order valence-electron chi connectivity index (χ4n) is 2.99. The van der Waals surface area contributed by atoms with Crippen LogP contribution in [0.4, 0.5) is 0 Å². The third-order valence-electron chi connectivity index (χ3n) is 4.49. The first-order valence-corrected chi connectivity index (χ1v) is 8.43. The second-order valence-electron chi connectivity index (χ2n) is 6.08. The van der Waals surface area contributed by atoms with Crippen molar-refractivity contribution in [2.45, 2.75) is 13.0 Å². The van der Waals surface area contributed by atoms with Gasteiger partial charge in [-0.3, -0.25) is 4.79 Å². The molecule has 0 spiro atoms. The van der Waals surface area contributed by atoms with E-state index >= 15 is 0 Å². The number of ether oxygens (including phenoxy) is 4. The van der Waals surface area contributed by atoms with Gasteiger partial charge in [0.1, 0.15) is 29.6 Å². The molecule has 2 aromatic carbocycles. The normalized spacial score (nSPS) is 15.4. The number of carbonyl (C=O) groups excluding carboxylic acids is 1. The van der Waals surface area contributed by atoms with Gasteiger partial charge in [-0.25, -0.2) is 0 Å². The maximum atomic E-state index is 12.6. The number of carbonyl (C=O) groups is 1. The van der Waals surface area contributed by atoms with Crippen molar-refractivity contribution in [3.8, 4) is 23.0 Å². The van der Waals surface area contributed by atoms with Gasteiger partial charge >= 0.3 is 0 Å². The molecule has 0 radical (unpaired) electrons. The molecule has 0 aromatic heterocycles. The lowest BCUT2D eigenvalue weighted by molar-refractivity contribution is -0.126. The van der Waals surface area contributed by atoms with Crippen molar-refractivity contribution in [3.05, 3.63) is 47.5 Å². The van der Waals surface area contributed by atoms with Gasteiger partial charge < -0.3 is 24.3 Å². The summed E-state index contributed by atoms with van der Waals surface area (Å²) < 4.78 is 21.5.